The monoisotopic (exact) mass is 667 g/mol. The molecule has 0 bridgehead atoms. The number of aliphatic hydroxyl groups is 1. The highest BCUT2D eigenvalue weighted by Gasteiger charge is 2.69. The molecular weight excluding hydrogens is 610 g/mol. The summed E-state index contributed by atoms with van der Waals surface area (Å²) in [6.45, 7) is 13.1. The summed E-state index contributed by atoms with van der Waals surface area (Å²) in [4.78, 5) is 55.4. The van der Waals surface area contributed by atoms with Gasteiger partial charge in [-0.2, -0.15) is 0 Å². The first kappa shape index (κ1) is 36.4. The van der Waals surface area contributed by atoms with Crippen molar-refractivity contribution in [3.63, 3.8) is 0 Å². The standard InChI is InChI=1S/C33H57N5O7S/c1-18(2)23(17-46(44,45)32(3,4)5)36-31(43)37-25(20-11-9-8-10-12-20)30(42)38-16-21-24(33(21,6)7)26(38)29(41)35-22(15-19-13-14-19)27(39)28(34)40/h18-27,39H,8-17H2,1-7H3,(H2,34,40)(H,35,41)(H2,36,37,43)/t21?,22?,23-,24?,25+,26+,27?/m1/s1. The molecule has 3 aliphatic carbocycles. The molecule has 0 aromatic heterocycles. The topological polar surface area (TPSA) is 188 Å². The number of nitrogens with one attached hydrogen (secondary N) is 3. The van der Waals surface area contributed by atoms with Crippen LogP contribution < -0.4 is 21.7 Å². The van der Waals surface area contributed by atoms with Gasteiger partial charge in [-0.25, -0.2) is 13.2 Å². The molecule has 0 spiro atoms. The highest BCUT2D eigenvalue weighted by molar-refractivity contribution is 7.92. The Labute approximate surface area is 274 Å². The van der Waals surface area contributed by atoms with Crippen molar-refractivity contribution in [3.05, 3.63) is 0 Å². The lowest BCUT2D eigenvalue weighted by molar-refractivity contribution is -0.144. The fraction of sp³-hybridized carbons (Fsp3) is 0.879. The Morgan fingerprint density at radius 2 is 1.57 bits per heavy atom. The van der Waals surface area contributed by atoms with E-state index in [0.717, 1.165) is 44.9 Å². The summed E-state index contributed by atoms with van der Waals surface area (Å²) in [5, 5.41) is 19.2. The number of amides is 5. The number of hydrogen-bond acceptors (Lipinski definition) is 7. The van der Waals surface area contributed by atoms with E-state index in [1.807, 2.05) is 13.8 Å². The van der Waals surface area contributed by atoms with Crippen LogP contribution in [0.5, 0.6) is 0 Å². The summed E-state index contributed by atoms with van der Waals surface area (Å²) in [6, 6.07) is -3.81. The summed E-state index contributed by atoms with van der Waals surface area (Å²) in [5.41, 5.74) is 5.24. The zero-order valence-electron chi connectivity index (χ0n) is 28.7. The summed E-state index contributed by atoms with van der Waals surface area (Å²) in [5.74, 6) is -1.88. The van der Waals surface area contributed by atoms with Crippen LogP contribution in [-0.2, 0) is 24.2 Å². The van der Waals surface area contributed by atoms with Crippen molar-refractivity contribution in [2.75, 3.05) is 12.3 Å². The number of rotatable bonds is 13. The number of sulfone groups is 1. The molecule has 0 radical (unpaired) electrons. The SMILES string of the molecule is CC(C)[C@@H](CS(=O)(=O)C(C)(C)C)NC(=O)N[C@H](C(=O)N1CC2C([C@H]1C(=O)NC(CC1CC1)C(O)C(N)=O)C2(C)C)C1CCCCC1. The van der Waals surface area contributed by atoms with Crippen molar-refractivity contribution < 1.29 is 32.7 Å². The van der Waals surface area contributed by atoms with Gasteiger partial charge in [-0.3, -0.25) is 14.4 Å². The van der Waals surface area contributed by atoms with Crippen LogP contribution in [0.25, 0.3) is 0 Å². The van der Waals surface area contributed by atoms with Crippen molar-refractivity contribution >= 4 is 33.6 Å². The van der Waals surface area contributed by atoms with Gasteiger partial charge in [-0.15, -0.1) is 0 Å². The Kier molecular flexibility index (Phi) is 10.8. The third-order valence-corrected chi connectivity index (χ3v) is 13.8. The molecule has 1 saturated heterocycles. The Bertz CT molecular complexity index is 1270. The smallest absolute Gasteiger partial charge is 0.315 e. The van der Waals surface area contributed by atoms with Crippen LogP contribution in [0, 0.1) is 35.0 Å². The van der Waals surface area contributed by atoms with Crippen LogP contribution in [0.4, 0.5) is 4.79 Å². The first-order valence-electron chi connectivity index (χ1n) is 17.1. The minimum Gasteiger partial charge on any atom is -0.381 e. The van der Waals surface area contributed by atoms with Crippen LogP contribution in [0.2, 0.25) is 0 Å². The van der Waals surface area contributed by atoms with Gasteiger partial charge in [0.15, 0.2) is 15.9 Å². The number of hydrogen-bond donors (Lipinski definition) is 5. The normalized spacial score (nSPS) is 27.2. The van der Waals surface area contributed by atoms with Gasteiger partial charge in [-0.05, 0) is 75.0 Å². The number of aliphatic hydroxyl groups excluding tert-OH is 1. The molecule has 0 aromatic rings. The van der Waals surface area contributed by atoms with E-state index in [1.54, 1.807) is 25.7 Å². The Hall–Kier alpha value is -2.41. The van der Waals surface area contributed by atoms with E-state index in [2.05, 4.69) is 29.8 Å². The number of piperidine rings is 1. The van der Waals surface area contributed by atoms with Crippen molar-refractivity contribution in [1.29, 1.82) is 0 Å². The average Bonchev–Trinajstić information content (AvgIpc) is 3.81. The summed E-state index contributed by atoms with van der Waals surface area (Å²) >= 11 is 0. The highest BCUT2D eigenvalue weighted by atomic mass is 32.2. The maximum absolute atomic E-state index is 14.5. The second kappa shape index (κ2) is 13.6. The fourth-order valence-corrected chi connectivity index (χ4v) is 8.97. The third kappa shape index (κ3) is 7.99. The molecular formula is C33H57N5O7S. The molecule has 6 N–H and O–H groups in total. The van der Waals surface area contributed by atoms with Gasteiger partial charge in [0, 0.05) is 12.6 Å². The van der Waals surface area contributed by atoms with Crippen LogP contribution in [0.3, 0.4) is 0 Å². The average molecular weight is 668 g/mol. The minimum absolute atomic E-state index is 0.0995. The van der Waals surface area contributed by atoms with E-state index in [1.165, 1.54) is 0 Å². The van der Waals surface area contributed by atoms with Gasteiger partial charge in [0.2, 0.25) is 17.7 Å². The molecule has 4 fully saturated rings. The number of nitrogens with two attached hydrogens (primary N) is 1. The number of primary amides is 1. The van der Waals surface area contributed by atoms with Crippen LogP contribution in [-0.4, -0.2) is 89.5 Å². The summed E-state index contributed by atoms with van der Waals surface area (Å²) < 4.78 is 25.0. The lowest BCUT2D eigenvalue weighted by Crippen LogP contribution is -2.61. The van der Waals surface area contributed by atoms with E-state index >= 15 is 0 Å². The number of carbonyl (C=O) groups excluding carboxylic acids is 4. The second-order valence-electron chi connectivity index (χ2n) is 16.3. The maximum atomic E-state index is 14.5. The third-order valence-electron chi connectivity index (χ3n) is 11.2. The molecule has 4 rings (SSSR count). The molecule has 262 valence electrons. The maximum Gasteiger partial charge on any atom is 0.315 e. The van der Waals surface area contributed by atoms with Crippen molar-refractivity contribution in [2.45, 2.75) is 135 Å². The summed E-state index contributed by atoms with van der Waals surface area (Å²) in [7, 11) is -3.53. The zero-order chi connectivity index (χ0) is 34.4. The molecule has 5 amide bonds. The predicted molar refractivity (Wildman–Crippen MR) is 175 cm³/mol. The number of urea groups is 1. The number of nitrogens with zero attached hydrogens (tertiary/aromatic N) is 1. The van der Waals surface area contributed by atoms with Crippen molar-refractivity contribution in [1.82, 2.24) is 20.9 Å². The zero-order valence-corrected chi connectivity index (χ0v) is 29.5. The molecule has 1 aliphatic heterocycles. The van der Waals surface area contributed by atoms with Gasteiger partial charge in [0.1, 0.15) is 12.1 Å². The number of carbonyl (C=O) groups is 4. The van der Waals surface area contributed by atoms with Crippen LogP contribution in [0.15, 0.2) is 0 Å². The first-order valence-corrected chi connectivity index (χ1v) is 18.8. The molecule has 7 atom stereocenters. The number of fused-ring (bicyclic) bond motifs is 1. The Balaban J connectivity index is 1.55. The second-order valence-corrected chi connectivity index (χ2v) is 19.1. The first-order chi connectivity index (χ1) is 21.3. The fourth-order valence-electron chi connectivity index (χ4n) is 7.52. The van der Waals surface area contributed by atoms with Gasteiger partial charge in [0.05, 0.1) is 16.5 Å². The van der Waals surface area contributed by atoms with Crippen molar-refractivity contribution in [2.24, 2.45) is 40.7 Å². The van der Waals surface area contributed by atoms with Gasteiger partial charge >= 0.3 is 6.03 Å². The molecule has 0 aromatic carbocycles. The lowest BCUT2D eigenvalue weighted by Gasteiger charge is -2.37. The van der Waals surface area contributed by atoms with E-state index in [0.29, 0.717) is 18.9 Å². The van der Waals surface area contributed by atoms with E-state index < -0.39 is 62.7 Å². The van der Waals surface area contributed by atoms with Gasteiger partial charge in [-0.1, -0.05) is 59.8 Å². The van der Waals surface area contributed by atoms with Crippen molar-refractivity contribution in [3.8, 4) is 0 Å². The van der Waals surface area contributed by atoms with Crippen LogP contribution in [0.1, 0.15) is 99.8 Å². The quantitative estimate of drug-likeness (QED) is 0.199. The number of likely N-dealkylation sites (tertiary alicyclic amines) is 1. The molecule has 3 saturated carbocycles. The Morgan fingerprint density at radius 1 is 0.957 bits per heavy atom. The molecule has 4 unspecified atom stereocenters. The highest BCUT2D eigenvalue weighted by Crippen LogP contribution is 2.65. The molecule has 12 nitrogen and oxygen atoms in total. The van der Waals surface area contributed by atoms with Crippen LogP contribution >= 0.6 is 0 Å². The van der Waals surface area contributed by atoms with E-state index in [9.17, 15) is 32.7 Å². The largest absolute Gasteiger partial charge is 0.381 e. The summed E-state index contributed by atoms with van der Waals surface area (Å²) in [6.07, 6.45) is 5.21. The van der Waals surface area contributed by atoms with Gasteiger partial charge < -0.3 is 31.7 Å². The molecule has 46 heavy (non-hydrogen) atoms. The van der Waals surface area contributed by atoms with E-state index in [-0.39, 0.29) is 40.7 Å². The molecule has 4 aliphatic rings. The lowest BCUT2D eigenvalue weighted by atomic mass is 9.83. The molecule has 13 heteroatoms. The Morgan fingerprint density at radius 3 is 2.09 bits per heavy atom. The minimum atomic E-state index is -3.53. The predicted octanol–water partition coefficient (Wildman–Crippen LogP) is 2.09. The van der Waals surface area contributed by atoms with Gasteiger partial charge in [0.25, 0.3) is 0 Å². The van der Waals surface area contributed by atoms with E-state index in [4.69, 9.17) is 5.73 Å². The molecule has 1 heterocycles.